The molecule has 0 saturated carbocycles. The van der Waals surface area contributed by atoms with Gasteiger partial charge in [0.2, 0.25) is 0 Å². The van der Waals surface area contributed by atoms with Gasteiger partial charge in [-0.3, -0.25) is 9.78 Å². The second kappa shape index (κ2) is 11.2. The number of fused-ring (bicyclic) bond motifs is 1. The zero-order valence-electron chi connectivity index (χ0n) is 19.0. The molecule has 4 rings (SSSR count). The average Bonchev–Trinajstić information content (AvgIpc) is 2.83. The molecule has 3 heterocycles. The van der Waals surface area contributed by atoms with Crippen LogP contribution in [0.15, 0.2) is 36.4 Å². The Morgan fingerprint density at radius 3 is 2.94 bits per heavy atom. The molecular weight excluding hydrogens is 418 g/mol. The largest absolute Gasteiger partial charge is 0.384 e. The van der Waals surface area contributed by atoms with E-state index in [0.29, 0.717) is 26.1 Å². The number of ether oxygens (including phenoxy) is 2. The molecule has 2 aromatic rings. The van der Waals surface area contributed by atoms with Gasteiger partial charge in [0.1, 0.15) is 12.1 Å². The van der Waals surface area contributed by atoms with Gasteiger partial charge in [0.05, 0.1) is 35.9 Å². The van der Waals surface area contributed by atoms with Gasteiger partial charge in [0.25, 0.3) is 5.91 Å². The number of rotatable bonds is 6. The molecule has 0 radical (unpaired) electrons. The number of pyridine rings is 1. The van der Waals surface area contributed by atoms with E-state index in [1.807, 2.05) is 30.3 Å². The summed E-state index contributed by atoms with van der Waals surface area (Å²) in [6.07, 6.45) is 2.69. The number of aromatic nitrogens is 1. The minimum Gasteiger partial charge on any atom is -0.384 e. The Hall–Kier alpha value is -2.99. The van der Waals surface area contributed by atoms with Crippen molar-refractivity contribution in [2.45, 2.75) is 43.9 Å². The number of nitrogens with one attached hydrogen (secondary N) is 3. The topological polar surface area (TPSA) is 108 Å². The highest BCUT2D eigenvalue weighted by Gasteiger charge is 2.25. The van der Waals surface area contributed by atoms with Crippen molar-refractivity contribution in [3.05, 3.63) is 47.7 Å². The first-order valence-corrected chi connectivity index (χ1v) is 11.5. The zero-order chi connectivity index (χ0) is 23.0. The summed E-state index contributed by atoms with van der Waals surface area (Å²) in [4.78, 5) is 17.5. The third kappa shape index (κ3) is 6.08. The first kappa shape index (κ1) is 23.2. The van der Waals surface area contributed by atoms with Crippen LogP contribution in [0, 0.1) is 11.3 Å². The molecule has 0 spiro atoms. The van der Waals surface area contributed by atoms with Crippen molar-refractivity contribution in [3.63, 3.8) is 0 Å². The molecule has 33 heavy (non-hydrogen) atoms. The highest BCUT2D eigenvalue weighted by atomic mass is 16.5. The van der Waals surface area contributed by atoms with E-state index in [1.54, 1.807) is 7.11 Å². The molecule has 174 valence electrons. The number of nitriles is 1. The van der Waals surface area contributed by atoms with Gasteiger partial charge in [-0.1, -0.05) is 24.3 Å². The average molecular weight is 450 g/mol. The third-order valence-corrected chi connectivity index (χ3v) is 6.13. The quantitative estimate of drug-likeness (QED) is 0.619. The Balaban J connectivity index is 1.34. The summed E-state index contributed by atoms with van der Waals surface area (Å²) in [7, 11) is 1.67. The van der Waals surface area contributed by atoms with Crippen LogP contribution in [0.25, 0.3) is 11.3 Å². The van der Waals surface area contributed by atoms with Gasteiger partial charge in [-0.15, -0.1) is 0 Å². The molecule has 1 amide bonds. The van der Waals surface area contributed by atoms with Crippen LogP contribution >= 0.6 is 0 Å². The van der Waals surface area contributed by atoms with E-state index in [-0.39, 0.29) is 12.0 Å². The van der Waals surface area contributed by atoms with Crippen LogP contribution in [-0.4, -0.2) is 62.5 Å². The lowest BCUT2D eigenvalue weighted by Crippen LogP contribution is -2.49. The van der Waals surface area contributed by atoms with Gasteiger partial charge >= 0.3 is 0 Å². The van der Waals surface area contributed by atoms with E-state index in [2.05, 4.69) is 28.1 Å². The molecular formula is C25H31N5O3. The Morgan fingerprint density at radius 2 is 2.15 bits per heavy atom. The number of anilines is 1. The number of aryl methyl sites for hydroxylation is 1. The molecule has 3 atom stereocenters. The Kier molecular flexibility index (Phi) is 7.89. The lowest BCUT2D eigenvalue weighted by molar-refractivity contribution is -0.134. The van der Waals surface area contributed by atoms with Crippen LogP contribution in [0.3, 0.4) is 0 Å². The van der Waals surface area contributed by atoms with E-state index < -0.39 is 12.1 Å². The van der Waals surface area contributed by atoms with E-state index in [4.69, 9.17) is 14.5 Å². The molecule has 1 fully saturated rings. The van der Waals surface area contributed by atoms with Crippen molar-refractivity contribution in [1.29, 1.82) is 5.26 Å². The molecule has 2 aliphatic rings. The van der Waals surface area contributed by atoms with Gasteiger partial charge in [0, 0.05) is 38.7 Å². The Labute approximate surface area is 194 Å². The van der Waals surface area contributed by atoms with E-state index in [0.717, 1.165) is 54.0 Å². The van der Waals surface area contributed by atoms with Gasteiger partial charge in [-0.25, -0.2) is 0 Å². The lowest BCUT2D eigenvalue weighted by atomic mass is 10.0. The lowest BCUT2D eigenvalue weighted by Gasteiger charge is -2.25. The Bertz CT molecular complexity index is 979. The number of nitrogens with zero attached hydrogens (tertiary/aromatic N) is 2. The van der Waals surface area contributed by atoms with Crippen molar-refractivity contribution in [3.8, 4) is 17.3 Å². The number of carbonyl (C=O) groups excluding carboxylic acids is 1. The summed E-state index contributed by atoms with van der Waals surface area (Å²) in [6.45, 7) is 2.51. The molecule has 0 aliphatic carbocycles. The summed E-state index contributed by atoms with van der Waals surface area (Å²) in [5, 5.41) is 19.0. The molecule has 0 unspecified atom stereocenters. The minimum atomic E-state index is -0.628. The van der Waals surface area contributed by atoms with Gasteiger partial charge < -0.3 is 25.4 Å². The molecule has 1 saturated heterocycles. The van der Waals surface area contributed by atoms with Crippen molar-refractivity contribution in [1.82, 2.24) is 15.6 Å². The summed E-state index contributed by atoms with van der Waals surface area (Å²) in [6, 6.07) is 13.7. The third-order valence-electron chi connectivity index (χ3n) is 6.13. The van der Waals surface area contributed by atoms with E-state index >= 15 is 0 Å². The number of amides is 1. The fraction of sp³-hybridized carbons (Fsp3) is 0.480. The van der Waals surface area contributed by atoms with Crippen LogP contribution in [0.1, 0.15) is 24.1 Å². The normalized spacial score (nSPS) is 21.5. The fourth-order valence-electron chi connectivity index (χ4n) is 4.18. The first-order chi connectivity index (χ1) is 16.2. The summed E-state index contributed by atoms with van der Waals surface area (Å²) in [5.74, 6) is -0.270. The maximum atomic E-state index is 12.7. The van der Waals surface area contributed by atoms with Crippen molar-refractivity contribution in [2.24, 2.45) is 0 Å². The molecule has 8 heteroatoms. The van der Waals surface area contributed by atoms with Crippen molar-refractivity contribution < 1.29 is 14.3 Å². The van der Waals surface area contributed by atoms with Gasteiger partial charge in [-0.2, -0.15) is 5.26 Å². The second-order valence-corrected chi connectivity index (χ2v) is 8.48. The van der Waals surface area contributed by atoms with Crippen molar-refractivity contribution in [2.75, 3.05) is 38.7 Å². The summed E-state index contributed by atoms with van der Waals surface area (Å²) in [5.41, 5.74) is 5.19. The maximum Gasteiger partial charge on any atom is 0.251 e. The molecule has 1 aromatic heterocycles. The first-order valence-electron chi connectivity index (χ1n) is 11.5. The summed E-state index contributed by atoms with van der Waals surface area (Å²) < 4.78 is 11.0. The molecule has 8 nitrogen and oxygen atoms in total. The van der Waals surface area contributed by atoms with Crippen LogP contribution in [0.2, 0.25) is 0 Å². The highest BCUT2D eigenvalue weighted by Crippen LogP contribution is 2.25. The predicted octanol–water partition coefficient (Wildman–Crippen LogP) is 2.05. The van der Waals surface area contributed by atoms with Crippen molar-refractivity contribution >= 4 is 11.6 Å². The highest BCUT2D eigenvalue weighted by molar-refractivity contribution is 5.81. The fourth-order valence-corrected chi connectivity index (χ4v) is 4.18. The standard InChI is InChI=1S/C25H31N5O3/c1-32-20-10-12-33-24(16-27-15-20)25(31)29-19(14-26)13-17-4-6-18(7-5-17)21-8-9-22-23(30-21)3-2-11-28-22/h4-9,19-20,24,27-28H,2-3,10-13,15-16H2,1H3,(H,29,31)/t19-,20-,24-/m0/s1. The minimum absolute atomic E-state index is 0.0806. The Morgan fingerprint density at radius 1 is 1.30 bits per heavy atom. The SMILES string of the molecule is CO[C@H]1CCO[C@H](C(=O)N[C@H](C#N)Cc2ccc(-c3ccc4c(n3)CCCN4)cc2)CNC1. The van der Waals surface area contributed by atoms with E-state index in [1.165, 1.54) is 0 Å². The smallest absolute Gasteiger partial charge is 0.251 e. The molecule has 2 aliphatic heterocycles. The number of carbonyl (C=O) groups is 1. The van der Waals surface area contributed by atoms with Crippen LogP contribution in [0.5, 0.6) is 0 Å². The van der Waals surface area contributed by atoms with Gasteiger partial charge in [0.15, 0.2) is 0 Å². The number of hydrogen-bond donors (Lipinski definition) is 3. The van der Waals surface area contributed by atoms with Gasteiger partial charge in [-0.05, 0) is 37.0 Å². The number of benzene rings is 1. The van der Waals surface area contributed by atoms with Crippen LogP contribution < -0.4 is 16.0 Å². The van der Waals surface area contributed by atoms with Crippen LogP contribution in [0.4, 0.5) is 5.69 Å². The molecule has 1 aromatic carbocycles. The monoisotopic (exact) mass is 449 g/mol. The van der Waals surface area contributed by atoms with E-state index in [9.17, 15) is 10.1 Å². The molecule has 3 N–H and O–H groups in total. The molecule has 0 bridgehead atoms. The zero-order valence-corrected chi connectivity index (χ0v) is 19.0. The van der Waals surface area contributed by atoms with Crippen LogP contribution in [-0.2, 0) is 27.1 Å². The number of methoxy groups -OCH3 is 1. The second-order valence-electron chi connectivity index (χ2n) is 8.48. The summed E-state index contributed by atoms with van der Waals surface area (Å²) >= 11 is 0. The number of hydrogen-bond acceptors (Lipinski definition) is 7. The maximum absolute atomic E-state index is 12.7. The predicted molar refractivity (Wildman–Crippen MR) is 126 cm³/mol.